The van der Waals surface area contributed by atoms with Crippen molar-refractivity contribution in [1.29, 1.82) is 0 Å². The van der Waals surface area contributed by atoms with E-state index in [0.717, 1.165) is 0 Å². The maximum absolute atomic E-state index is 0. The van der Waals surface area contributed by atoms with Gasteiger partial charge in [0.2, 0.25) is 0 Å². The Morgan fingerprint density at radius 3 is 0.750 bits per heavy atom. The standard InChI is InChI=1S/FH.2K.H2O.2H/h1H;;;1H2;;. The van der Waals surface area contributed by atoms with Crippen molar-refractivity contribution in [2.75, 3.05) is 0 Å². The second-order valence-electron chi connectivity index (χ2n) is 0. The molecule has 0 rings (SSSR count). The van der Waals surface area contributed by atoms with Gasteiger partial charge in [0, 0.05) is 0 Å². The van der Waals surface area contributed by atoms with E-state index in [1.807, 2.05) is 0 Å². The summed E-state index contributed by atoms with van der Waals surface area (Å²) in [5.74, 6) is 0. The average Bonchev–Trinajstić information content (AvgIpc) is 0. The second kappa shape index (κ2) is 16.4. The summed E-state index contributed by atoms with van der Waals surface area (Å²) in [6, 6.07) is 0. The Morgan fingerprint density at radius 1 is 0.750 bits per heavy atom. The van der Waals surface area contributed by atoms with Gasteiger partial charge in [-0.15, -0.1) is 0 Å². The van der Waals surface area contributed by atoms with Gasteiger partial charge in [0.1, 0.15) is 0 Å². The SMILES string of the molecule is F.O.[KH].[KH]. The molecule has 0 unspecified atom stereocenters. The normalized spacial score (nSPS) is 0. The first-order chi connectivity index (χ1) is 0. The Bertz CT molecular complexity index is 6.00. The Morgan fingerprint density at radius 2 is 0.750 bits per heavy atom. The molecule has 0 amide bonds. The summed E-state index contributed by atoms with van der Waals surface area (Å²) in [6.45, 7) is 0. The predicted octanol–water partition coefficient (Wildman–Crippen LogP) is -1.97. The molecule has 0 spiro atoms. The van der Waals surface area contributed by atoms with Crippen LogP contribution in [0, 0.1) is 0 Å². The van der Waals surface area contributed by atoms with Gasteiger partial charge in [-0.05, 0) is 0 Å². The average molecular weight is 118 g/mol. The van der Waals surface area contributed by atoms with Crippen LogP contribution in [0.3, 0.4) is 0 Å². The van der Waals surface area contributed by atoms with Crippen LogP contribution in [-0.2, 0) is 0 Å². The van der Waals surface area contributed by atoms with Gasteiger partial charge >= 0.3 is 103 Å². The van der Waals surface area contributed by atoms with Crippen LogP contribution in [0.25, 0.3) is 0 Å². The van der Waals surface area contributed by atoms with E-state index < -0.39 is 0 Å². The molecule has 0 saturated carbocycles. The van der Waals surface area contributed by atoms with Crippen LogP contribution in [0.1, 0.15) is 0 Å². The molecule has 0 radical (unpaired) electrons. The van der Waals surface area contributed by atoms with Gasteiger partial charge in [0.25, 0.3) is 0 Å². The molecule has 0 aromatic rings. The molecule has 0 saturated heterocycles. The quantitative estimate of drug-likeness (QED) is 0.331. The monoisotopic (exact) mass is 118 g/mol. The van der Waals surface area contributed by atoms with Crippen LogP contribution in [0.15, 0.2) is 0 Å². The van der Waals surface area contributed by atoms with Crippen molar-refractivity contribution in [3.63, 3.8) is 0 Å². The van der Waals surface area contributed by atoms with Crippen LogP contribution < -0.4 is 0 Å². The fourth-order valence-electron chi connectivity index (χ4n) is 0. The van der Waals surface area contributed by atoms with E-state index in [2.05, 4.69) is 0 Å². The van der Waals surface area contributed by atoms with Gasteiger partial charge in [-0.1, -0.05) is 0 Å². The number of hydrogen-bond donors (Lipinski definition) is 0. The Balaban J connectivity index is 0. The molecule has 4 heteroatoms. The van der Waals surface area contributed by atoms with E-state index in [4.69, 9.17) is 0 Å². The van der Waals surface area contributed by atoms with E-state index >= 15 is 0 Å². The van der Waals surface area contributed by atoms with E-state index in [1.54, 1.807) is 0 Å². The summed E-state index contributed by atoms with van der Waals surface area (Å²) in [5, 5.41) is 0. The maximum atomic E-state index is 0. The summed E-state index contributed by atoms with van der Waals surface area (Å²) in [4.78, 5) is 0. The van der Waals surface area contributed by atoms with Crippen molar-refractivity contribution in [2.24, 2.45) is 0 Å². The fourth-order valence-corrected chi connectivity index (χ4v) is 0. The van der Waals surface area contributed by atoms with Gasteiger partial charge in [-0.25, -0.2) is 0 Å². The molecule has 0 aromatic heterocycles. The number of halogens is 1. The molecule has 0 bridgehead atoms. The van der Waals surface area contributed by atoms with Gasteiger partial charge in [-0.3, -0.25) is 4.70 Å². The summed E-state index contributed by atoms with van der Waals surface area (Å²) in [5.41, 5.74) is 0. The van der Waals surface area contributed by atoms with Crippen LogP contribution in [0.5, 0.6) is 0 Å². The third-order valence-electron chi connectivity index (χ3n) is 0. The molecule has 0 atom stereocenters. The van der Waals surface area contributed by atoms with Crippen LogP contribution in [0.4, 0.5) is 4.70 Å². The Kier molecular flexibility index (Phi) is 112. The van der Waals surface area contributed by atoms with E-state index in [9.17, 15) is 0 Å². The zero-order valence-electron chi connectivity index (χ0n) is 0.908. The molecule has 0 fully saturated rings. The topological polar surface area (TPSA) is 31.5 Å². The van der Waals surface area contributed by atoms with Crippen molar-refractivity contribution in [2.45, 2.75) is 0 Å². The number of rotatable bonds is 0. The second-order valence-corrected chi connectivity index (χ2v) is 0. The zero-order valence-corrected chi connectivity index (χ0v) is 0.908. The third-order valence-corrected chi connectivity index (χ3v) is 0. The first-order valence-electron chi connectivity index (χ1n) is 0. The van der Waals surface area contributed by atoms with E-state index in [1.165, 1.54) is 0 Å². The molecule has 0 aliphatic heterocycles. The molecule has 0 aliphatic carbocycles. The fraction of sp³-hybridized carbons (Fsp3) is 0. The molecular weight excluding hydrogens is 113 g/mol. The first-order valence-corrected chi connectivity index (χ1v) is 0. The van der Waals surface area contributed by atoms with Crippen molar-refractivity contribution in [3.05, 3.63) is 0 Å². The molecule has 4 heavy (non-hydrogen) atoms. The van der Waals surface area contributed by atoms with Gasteiger partial charge in [0.15, 0.2) is 0 Å². The number of hydrogen-bond acceptors (Lipinski definition) is 0. The molecule has 0 aromatic carbocycles. The Labute approximate surface area is 109 Å². The van der Waals surface area contributed by atoms with Crippen molar-refractivity contribution in [3.8, 4) is 0 Å². The first kappa shape index (κ1) is 27.2. The van der Waals surface area contributed by atoms with Crippen molar-refractivity contribution in [1.82, 2.24) is 0 Å². The minimum absolute atomic E-state index is 0. The van der Waals surface area contributed by atoms with Crippen LogP contribution >= 0.6 is 0 Å². The summed E-state index contributed by atoms with van der Waals surface area (Å²) < 4.78 is 0. The van der Waals surface area contributed by atoms with Crippen LogP contribution in [0.2, 0.25) is 0 Å². The molecular formula is H5FK2O. The Hall–Kier alpha value is 3.16. The molecule has 0 aliphatic rings. The summed E-state index contributed by atoms with van der Waals surface area (Å²) >= 11 is 0. The van der Waals surface area contributed by atoms with E-state index in [-0.39, 0.29) is 113 Å². The summed E-state index contributed by atoms with van der Waals surface area (Å²) in [6.07, 6.45) is 0. The molecule has 20 valence electrons. The van der Waals surface area contributed by atoms with Crippen LogP contribution in [-0.4, -0.2) is 108 Å². The van der Waals surface area contributed by atoms with Crippen molar-refractivity contribution < 1.29 is 10.2 Å². The molecule has 0 heterocycles. The van der Waals surface area contributed by atoms with Crippen molar-refractivity contribution >= 4 is 103 Å². The molecule has 2 N–H and O–H groups in total. The minimum atomic E-state index is 0. The predicted molar refractivity (Wildman–Crippen MR) is 20.4 cm³/mol. The van der Waals surface area contributed by atoms with Gasteiger partial charge in [0.05, 0.1) is 0 Å². The third kappa shape index (κ3) is 8.94. The summed E-state index contributed by atoms with van der Waals surface area (Å²) in [7, 11) is 0. The van der Waals surface area contributed by atoms with Gasteiger partial charge < -0.3 is 5.48 Å². The van der Waals surface area contributed by atoms with Gasteiger partial charge in [-0.2, -0.15) is 0 Å². The molecule has 1 nitrogen and oxygen atoms in total. The van der Waals surface area contributed by atoms with E-state index in [0.29, 0.717) is 0 Å². The zero-order chi connectivity index (χ0) is 0.